The second kappa shape index (κ2) is 12.0. The lowest BCUT2D eigenvalue weighted by atomic mass is 10.0. The molecule has 0 radical (unpaired) electrons. The summed E-state index contributed by atoms with van der Waals surface area (Å²) in [5, 5.41) is 41.1. The third-order valence-corrected chi connectivity index (χ3v) is 7.19. The zero-order valence-corrected chi connectivity index (χ0v) is 23.7. The highest BCUT2D eigenvalue weighted by molar-refractivity contribution is 5.88. The monoisotopic (exact) mass is 593 g/mol. The van der Waals surface area contributed by atoms with E-state index in [0.717, 1.165) is 0 Å². The van der Waals surface area contributed by atoms with Crippen molar-refractivity contribution in [3.05, 3.63) is 64.3 Å². The Hall–Kier alpha value is -5.10. The molecule has 0 saturated carbocycles. The molecule has 0 bridgehead atoms. The van der Waals surface area contributed by atoms with Gasteiger partial charge in [-0.15, -0.1) is 0 Å². The quantitative estimate of drug-likeness (QED) is 0.223. The van der Waals surface area contributed by atoms with Crippen molar-refractivity contribution < 1.29 is 48.6 Å². The Balaban J connectivity index is 1.50. The number of fused-ring (bicyclic) bond motifs is 2. The average Bonchev–Trinajstić information content (AvgIpc) is 3.01. The predicted molar refractivity (Wildman–Crippen MR) is 154 cm³/mol. The molecule has 3 aromatic carbocycles. The van der Waals surface area contributed by atoms with E-state index >= 15 is 0 Å². The molecule has 12 heteroatoms. The van der Waals surface area contributed by atoms with Gasteiger partial charge in [0.15, 0.2) is 47.6 Å². The number of hydrogen-bond donors (Lipinski definition) is 4. The molecule has 2 atom stereocenters. The van der Waals surface area contributed by atoms with Gasteiger partial charge < -0.3 is 48.7 Å². The van der Waals surface area contributed by atoms with Gasteiger partial charge in [0.2, 0.25) is 11.2 Å². The summed E-state index contributed by atoms with van der Waals surface area (Å²) < 4.78 is 28.8. The molecular formula is C31H31NO11. The number of amides is 1. The predicted octanol–water partition coefficient (Wildman–Crippen LogP) is 3.71. The van der Waals surface area contributed by atoms with Crippen molar-refractivity contribution >= 4 is 16.9 Å². The van der Waals surface area contributed by atoms with Gasteiger partial charge in [0, 0.05) is 36.3 Å². The number of aliphatic hydroxyl groups excluding tert-OH is 1. The first-order valence-corrected chi connectivity index (χ1v) is 13.6. The minimum absolute atomic E-state index is 0.0666. The van der Waals surface area contributed by atoms with E-state index in [1.54, 1.807) is 23.1 Å². The van der Waals surface area contributed by atoms with Crippen molar-refractivity contribution in [1.29, 1.82) is 0 Å². The third kappa shape index (κ3) is 5.56. The van der Waals surface area contributed by atoms with Crippen molar-refractivity contribution in [2.45, 2.75) is 26.1 Å². The minimum Gasteiger partial charge on any atom is -0.507 e. The molecule has 12 nitrogen and oxygen atoms in total. The van der Waals surface area contributed by atoms with Gasteiger partial charge in [0.25, 0.3) is 5.91 Å². The number of aromatic hydroxyl groups is 3. The molecule has 1 aliphatic rings. The number of ether oxygens (including phenoxy) is 4. The van der Waals surface area contributed by atoms with E-state index in [1.165, 1.54) is 37.4 Å². The summed E-state index contributed by atoms with van der Waals surface area (Å²) in [6, 6.07) is 11.7. The molecule has 4 N–H and O–H groups in total. The number of methoxy groups -OCH3 is 1. The Bertz CT molecular complexity index is 1730. The Morgan fingerprint density at radius 3 is 2.42 bits per heavy atom. The summed E-state index contributed by atoms with van der Waals surface area (Å²) >= 11 is 0. The van der Waals surface area contributed by atoms with Gasteiger partial charge in [0.1, 0.15) is 22.5 Å². The fourth-order valence-corrected chi connectivity index (χ4v) is 4.92. The van der Waals surface area contributed by atoms with Crippen LogP contribution in [0.5, 0.6) is 40.2 Å². The van der Waals surface area contributed by atoms with Crippen LogP contribution >= 0.6 is 0 Å². The van der Waals surface area contributed by atoms with Crippen LogP contribution < -0.4 is 24.4 Å². The van der Waals surface area contributed by atoms with Crippen LogP contribution in [0.25, 0.3) is 22.3 Å². The molecule has 1 aliphatic heterocycles. The molecule has 0 saturated heterocycles. The van der Waals surface area contributed by atoms with Crippen LogP contribution in [0.15, 0.2) is 57.7 Å². The summed E-state index contributed by atoms with van der Waals surface area (Å²) in [6.07, 6.45) is -1.58. The highest BCUT2D eigenvalue weighted by Crippen LogP contribution is 2.44. The second-order valence-corrected chi connectivity index (χ2v) is 9.75. The fraction of sp³-hybridized carbons (Fsp3) is 0.290. The molecule has 226 valence electrons. The zero-order chi connectivity index (χ0) is 30.8. The van der Waals surface area contributed by atoms with Crippen LogP contribution in [-0.2, 0) is 4.79 Å². The summed E-state index contributed by atoms with van der Waals surface area (Å²) in [7, 11) is 1.41. The van der Waals surface area contributed by atoms with Crippen LogP contribution in [-0.4, -0.2) is 70.8 Å². The first-order valence-electron chi connectivity index (χ1n) is 13.6. The normalized spacial score (nSPS) is 15.7. The number of rotatable bonds is 9. The molecule has 0 fully saturated rings. The third-order valence-electron chi connectivity index (χ3n) is 7.19. The Labute approximate surface area is 245 Å². The van der Waals surface area contributed by atoms with E-state index in [9.17, 15) is 30.0 Å². The van der Waals surface area contributed by atoms with Crippen molar-refractivity contribution in [3.63, 3.8) is 0 Å². The van der Waals surface area contributed by atoms with Gasteiger partial charge in [-0.3, -0.25) is 9.59 Å². The van der Waals surface area contributed by atoms with Gasteiger partial charge in [-0.05, 0) is 44.2 Å². The van der Waals surface area contributed by atoms with E-state index in [0.29, 0.717) is 24.4 Å². The Kier molecular flexibility index (Phi) is 8.22. The maximum absolute atomic E-state index is 13.1. The van der Waals surface area contributed by atoms with Crippen molar-refractivity contribution in [3.8, 4) is 51.6 Å². The highest BCUT2D eigenvalue weighted by Gasteiger charge is 2.34. The van der Waals surface area contributed by atoms with Gasteiger partial charge in [0.05, 0.1) is 13.7 Å². The van der Waals surface area contributed by atoms with Crippen molar-refractivity contribution in [1.82, 2.24) is 4.90 Å². The van der Waals surface area contributed by atoms with Crippen LogP contribution in [0, 0.1) is 0 Å². The number of carbonyl (C=O) groups excluding carboxylic acids is 1. The Morgan fingerprint density at radius 2 is 1.72 bits per heavy atom. The molecule has 5 rings (SSSR count). The lowest BCUT2D eigenvalue weighted by molar-refractivity contribution is -0.132. The minimum atomic E-state index is -0.871. The van der Waals surface area contributed by atoms with Crippen molar-refractivity contribution in [2.24, 2.45) is 0 Å². The van der Waals surface area contributed by atoms with E-state index in [1.807, 2.05) is 13.8 Å². The van der Waals surface area contributed by atoms with Crippen LogP contribution in [0.4, 0.5) is 0 Å². The smallest absolute Gasteiger partial charge is 0.260 e. The average molecular weight is 594 g/mol. The SMILES string of the molecule is CCN(CC)C(=O)COc1cc(O)c2c(=O)c(O)c(-c3ccc4c(c3)OC(c3ccc(O)c(OC)c3)C(CO)O4)oc2c1. The lowest BCUT2D eigenvalue weighted by Crippen LogP contribution is -2.36. The number of carbonyl (C=O) groups is 1. The number of aliphatic hydroxyl groups is 1. The highest BCUT2D eigenvalue weighted by atomic mass is 16.6. The number of likely N-dealkylation sites (N-methyl/N-ethyl adjacent to an activating group) is 1. The van der Waals surface area contributed by atoms with E-state index in [2.05, 4.69) is 0 Å². The van der Waals surface area contributed by atoms with Gasteiger partial charge in [-0.25, -0.2) is 0 Å². The molecule has 0 spiro atoms. The molecular weight excluding hydrogens is 562 g/mol. The van der Waals surface area contributed by atoms with Gasteiger partial charge >= 0.3 is 0 Å². The van der Waals surface area contributed by atoms with Crippen LogP contribution in [0.3, 0.4) is 0 Å². The lowest BCUT2D eigenvalue weighted by Gasteiger charge is -2.33. The standard InChI is InChI=1S/C31H31NO11/c1-4-32(5-2)26(36)15-40-18-12-20(35)27-24(13-18)43-31(29(38)28(27)37)17-7-9-21-23(11-17)42-30(25(14-33)41-21)16-6-8-19(34)22(10-16)39-3/h6-13,25,30,33-35,38H,4-5,14-15H2,1-3H3. The summed E-state index contributed by atoms with van der Waals surface area (Å²) in [5.74, 6) is -0.898. The second-order valence-electron chi connectivity index (χ2n) is 9.75. The fourth-order valence-electron chi connectivity index (χ4n) is 4.92. The summed E-state index contributed by atoms with van der Waals surface area (Å²) in [5.41, 5.74) is -0.130. The van der Waals surface area contributed by atoms with E-state index in [-0.39, 0.29) is 64.4 Å². The van der Waals surface area contributed by atoms with Crippen LogP contribution in [0.2, 0.25) is 0 Å². The largest absolute Gasteiger partial charge is 0.507 e. The number of phenols is 2. The zero-order valence-electron chi connectivity index (χ0n) is 23.7. The van der Waals surface area contributed by atoms with Gasteiger partial charge in [-0.2, -0.15) is 0 Å². The number of benzene rings is 3. The molecule has 0 aliphatic carbocycles. The first-order chi connectivity index (χ1) is 20.7. The number of nitrogens with zero attached hydrogens (tertiary/aromatic N) is 1. The molecule has 43 heavy (non-hydrogen) atoms. The summed E-state index contributed by atoms with van der Waals surface area (Å²) in [4.78, 5) is 27.0. The molecule has 2 unspecified atom stereocenters. The van der Waals surface area contributed by atoms with Crippen LogP contribution in [0.1, 0.15) is 25.5 Å². The molecule has 2 heterocycles. The number of hydrogen-bond acceptors (Lipinski definition) is 11. The molecule has 1 amide bonds. The maximum atomic E-state index is 13.1. The van der Waals surface area contributed by atoms with Gasteiger partial charge in [-0.1, -0.05) is 6.07 Å². The summed E-state index contributed by atoms with van der Waals surface area (Å²) in [6.45, 7) is 4.06. The molecule has 4 aromatic rings. The number of phenolic OH excluding ortho intramolecular Hbond substituents is 2. The van der Waals surface area contributed by atoms with E-state index < -0.39 is 29.1 Å². The van der Waals surface area contributed by atoms with Crippen molar-refractivity contribution in [2.75, 3.05) is 33.4 Å². The maximum Gasteiger partial charge on any atom is 0.260 e. The van der Waals surface area contributed by atoms with E-state index in [4.69, 9.17) is 23.4 Å². The Morgan fingerprint density at radius 1 is 0.953 bits per heavy atom. The topological polar surface area (TPSA) is 168 Å². The first kappa shape index (κ1) is 29.4. The molecule has 1 aromatic heterocycles.